The van der Waals surface area contributed by atoms with Gasteiger partial charge in [-0.2, -0.15) is 0 Å². The summed E-state index contributed by atoms with van der Waals surface area (Å²) < 4.78 is 27.1. The quantitative estimate of drug-likeness (QED) is 0.836. The van der Waals surface area contributed by atoms with E-state index < -0.39 is 10.0 Å². The second-order valence-electron chi connectivity index (χ2n) is 3.87. The standard InChI is InChI=1S/C13H11ClN2O3S2/c14-11-4-5-13(20-11)21(18,19)16-12-9-10(6-7-15-12)3-1-2-8-17/h4-7,9,17H,2,8H2,(H,15,16). The average molecular weight is 343 g/mol. The van der Waals surface area contributed by atoms with Crippen LogP contribution in [0.4, 0.5) is 5.82 Å². The highest BCUT2D eigenvalue weighted by Gasteiger charge is 2.17. The van der Waals surface area contributed by atoms with Crippen molar-refractivity contribution < 1.29 is 13.5 Å². The second kappa shape index (κ2) is 6.91. The number of pyridine rings is 1. The minimum absolute atomic E-state index is 0.0172. The van der Waals surface area contributed by atoms with Crippen molar-refractivity contribution in [2.45, 2.75) is 10.6 Å². The van der Waals surface area contributed by atoms with Crippen LogP contribution in [0, 0.1) is 11.8 Å². The van der Waals surface area contributed by atoms with Crippen molar-refractivity contribution in [1.29, 1.82) is 0 Å². The number of thiophene rings is 1. The number of aromatic nitrogens is 1. The van der Waals surface area contributed by atoms with Gasteiger partial charge in [0.05, 0.1) is 10.9 Å². The van der Waals surface area contributed by atoms with Crippen molar-refractivity contribution in [1.82, 2.24) is 4.98 Å². The maximum atomic E-state index is 12.1. The fourth-order valence-corrected chi connectivity index (χ4v) is 3.90. The van der Waals surface area contributed by atoms with Crippen molar-refractivity contribution in [3.63, 3.8) is 0 Å². The number of aliphatic hydroxyl groups is 1. The molecule has 0 amide bonds. The van der Waals surface area contributed by atoms with Gasteiger partial charge in [0.25, 0.3) is 10.0 Å². The lowest BCUT2D eigenvalue weighted by atomic mass is 10.2. The Kier molecular flexibility index (Phi) is 5.20. The molecule has 0 unspecified atom stereocenters. The van der Waals surface area contributed by atoms with Gasteiger partial charge in [-0.15, -0.1) is 11.3 Å². The number of rotatable bonds is 4. The van der Waals surface area contributed by atoms with Crippen LogP contribution in [0.5, 0.6) is 0 Å². The lowest BCUT2D eigenvalue weighted by molar-refractivity contribution is 0.305. The summed E-state index contributed by atoms with van der Waals surface area (Å²) in [7, 11) is -3.70. The maximum absolute atomic E-state index is 12.1. The molecule has 0 atom stereocenters. The van der Waals surface area contributed by atoms with E-state index in [-0.39, 0.29) is 16.6 Å². The SMILES string of the molecule is O=S(=O)(Nc1cc(C#CCCO)ccn1)c1ccc(Cl)s1. The largest absolute Gasteiger partial charge is 0.395 e. The smallest absolute Gasteiger partial charge is 0.272 e. The van der Waals surface area contributed by atoms with Gasteiger partial charge in [-0.1, -0.05) is 23.4 Å². The van der Waals surface area contributed by atoms with Gasteiger partial charge >= 0.3 is 0 Å². The van der Waals surface area contributed by atoms with Crippen LogP contribution in [-0.2, 0) is 10.0 Å². The maximum Gasteiger partial charge on any atom is 0.272 e. The van der Waals surface area contributed by atoms with E-state index in [1.165, 1.54) is 24.4 Å². The van der Waals surface area contributed by atoms with E-state index >= 15 is 0 Å². The summed E-state index contributed by atoms with van der Waals surface area (Å²) in [5, 5.41) is 8.66. The van der Waals surface area contributed by atoms with E-state index in [0.717, 1.165) is 11.3 Å². The molecule has 0 aromatic carbocycles. The molecular formula is C13H11ClN2O3S2. The van der Waals surface area contributed by atoms with Gasteiger partial charge < -0.3 is 5.11 Å². The number of halogens is 1. The van der Waals surface area contributed by atoms with E-state index in [4.69, 9.17) is 16.7 Å². The third-order valence-electron chi connectivity index (χ3n) is 2.28. The van der Waals surface area contributed by atoms with E-state index in [0.29, 0.717) is 16.3 Å². The summed E-state index contributed by atoms with van der Waals surface area (Å²) in [6, 6.07) is 6.13. The topological polar surface area (TPSA) is 79.3 Å². The highest BCUT2D eigenvalue weighted by molar-refractivity contribution is 7.94. The second-order valence-corrected chi connectivity index (χ2v) is 7.49. The molecule has 5 nitrogen and oxygen atoms in total. The van der Waals surface area contributed by atoms with Crippen molar-refractivity contribution >= 4 is 38.8 Å². The Morgan fingerprint density at radius 3 is 2.86 bits per heavy atom. The first-order valence-electron chi connectivity index (χ1n) is 5.85. The molecule has 2 aromatic heterocycles. The van der Waals surface area contributed by atoms with E-state index in [2.05, 4.69) is 21.5 Å². The Hall–Kier alpha value is -1.59. The first kappa shape index (κ1) is 15.8. The number of hydrogen-bond acceptors (Lipinski definition) is 5. The predicted octanol–water partition coefficient (Wildman–Crippen LogP) is 2.33. The van der Waals surface area contributed by atoms with Crippen LogP contribution in [0.3, 0.4) is 0 Å². The number of sulfonamides is 1. The minimum atomic E-state index is -3.70. The van der Waals surface area contributed by atoms with E-state index in [1.54, 1.807) is 6.07 Å². The number of nitrogens with one attached hydrogen (secondary N) is 1. The van der Waals surface area contributed by atoms with Gasteiger partial charge in [0, 0.05) is 18.2 Å². The summed E-state index contributed by atoms with van der Waals surface area (Å²) in [6.07, 6.45) is 1.82. The number of anilines is 1. The monoisotopic (exact) mass is 342 g/mol. The molecule has 2 heterocycles. The van der Waals surface area contributed by atoms with Crippen molar-refractivity contribution in [3.8, 4) is 11.8 Å². The fourth-order valence-electron chi connectivity index (χ4n) is 1.41. The lowest BCUT2D eigenvalue weighted by Gasteiger charge is -2.05. The van der Waals surface area contributed by atoms with Crippen molar-refractivity contribution in [2.75, 3.05) is 11.3 Å². The molecule has 110 valence electrons. The molecule has 0 bridgehead atoms. The molecular weight excluding hydrogens is 332 g/mol. The molecule has 0 spiro atoms. The van der Waals surface area contributed by atoms with Gasteiger partial charge in [-0.05, 0) is 24.3 Å². The molecule has 2 rings (SSSR count). The Morgan fingerprint density at radius 2 is 2.19 bits per heavy atom. The summed E-state index contributed by atoms with van der Waals surface area (Å²) in [5.41, 5.74) is 0.611. The molecule has 2 N–H and O–H groups in total. The van der Waals surface area contributed by atoms with E-state index in [1.807, 2.05) is 0 Å². The predicted molar refractivity (Wildman–Crippen MR) is 83.0 cm³/mol. The fraction of sp³-hybridized carbons (Fsp3) is 0.154. The number of nitrogens with zero attached hydrogens (tertiary/aromatic N) is 1. The Morgan fingerprint density at radius 1 is 1.38 bits per heavy atom. The molecule has 0 radical (unpaired) electrons. The zero-order chi connectivity index (χ0) is 15.3. The van der Waals surface area contributed by atoms with Crippen LogP contribution in [-0.4, -0.2) is 25.1 Å². The normalized spacial score (nSPS) is 10.8. The molecule has 0 saturated carbocycles. The third-order valence-corrected chi connectivity index (χ3v) is 5.36. The van der Waals surface area contributed by atoms with Crippen LogP contribution in [0.25, 0.3) is 0 Å². The molecule has 0 fully saturated rings. The Labute approximate surface area is 131 Å². The molecule has 0 aliphatic heterocycles. The average Bonchev–Trinajstić information content (AvgIpc) is 2.87. The van der Waals surface area contributed by atoms with Crippen LogP contribution in [0.1, 0.15) is 12.0 Å². The zero-order valence-electron chi connectivity index (χ0n) is 10.7. The van der Waals surface area contributed by atoms with Crippen LogP contribution >= 0.6 is 22.9 Å². The van der Waals surface area contributed by atoms with Gasteiger partial charge in [-0.25, -0.2) is 13.4 Å². The third kappa shape index (κ3) is 4.44. The number of aliphatic hydroxyl groups excluding tert-OH is 1. The van der Waals surface area contributed by atoms with Crippen LogP contribution in [0.2, 0.25) is 4.34 Å². The molecule has 8 heteroatoms. The Balaban J connectivity index is 2.20. The molecule has 0 saturated heterocycles. The van der Waals surface area contributed by atoms with Gasteiger partial charge in [0.15, 0.2) is 0 Å². The highest BCUT2D eigenvalue weighted by Crippen LogP contribution is 2.26. The van der Waals surface area contributed by atoms with Crippen molar-refractivity contribution in [2.24, 2.45) is 0 Å². The van der Waals surface area contributed by atoms with E-state index in [9.17, 15) is 8.42 Å². The molecule has 0 aliphatic rings. The molecule has 21 heavy (non-hydrogen) atoms. The lowest BCUT2D eigenvalue weighted by Crippen LogP contribution is -2.12. The summed E-state index contributed by atoms with van der Waals surface area (Å²) in [5.74, 6) is 5.74. The first-order valence-corrected chi connectivity index (χ1v) is 8.53. The van der Waals surface area contributed by atoms with Gasteiger partial charge in [0.1, 0.15) is 10.0 Å². The van der Waals surface area contributed by atoms with Crippen molar-refractivity contribution in [3.05, 3.63) is 40.4 Å². The minimum Gasteiger partial charge on any atom is -0.395 e. The van der Waals surface area contributed by atoms with Crippen LogP contribution < -0.4 is 4.72 Å². The zero-order valence-corrected chi connectivity index (χ0v) is 13.1. The summed E-state index contributed by atoms with van der Waals surface area (Å²) in [6.45, 7) is -0.0172. The Bertz CT molecular complexity index is 791. The van der Waals surface area contributed by atoms with Gasteiger partial charge in [0.2, 0.25) is 0 Å². The summed E-state index contributed by atoms with van der Waals surface area (Å²) in [4.78, 5) is 3.95. The summed E-state index contributed by atoms with van der Waals surface area (Å²) >= 11 is 6.70. The first-order chi connectivity index (χ1) is 10.0. The highest BCUT2D eigenvalue weighted by atomic mass is 35.5. The van der Waals surface area contributed by atoms with Crippen LogP contribution in [0.15, 0.2) is 34.7 Å². The molecule has 0 aliphatic carbocycles. The van der Waals surface area contributed by atoms with Gasteiger partial charge in [-0.3, -0.25) is 4.72 Å². The molecule has 2 aromatic rings. The number of hydrogen-bond donors (Lipinski definition) is 2.